The maximum atomic E-state index is 11.8. The second kappa shape index (κ2) is 7.79. The third-order valence-electron chi connectivity index (χ3n) is 4.13. The highest BCUT2D eigenvalue weighted by molar-refractivity contribution is 7.98. The van der Waals surface area contributed by atoms with Gasteiger partial charge in [0.25, 0.3) is 0 Å². The van der Waals surface area contributed by atoms with E-state index >= 15 is 0 Å². The molecule has 3 rings (SSSR count). The molecule has 130 valence electrons. The highest BCUT2D eigenvalue weighted by Gasteiger charge is 2.20. The zero-order chi connectivity index (χ0) is 17.8. The van der Waals surface area contributed by atoms with Crippen molar-refractivity contribution >= 4 is 35.5 Å². The zero-order valence-electron chi connectivity index (χ0n) is 14.8. The number of rotatable bonds is 6. The van der Waals surface area contributed by atoms with Crippen molar-refractivity contribution in [3.05, 3.63) is 58.6 Å². The first kappa shape index (κ1) is 17.6. The van der Waals surface area contributed by atoms with Gasteiger partial charge in [0.2, 0.25) is 5.76 Å². The number of ether oxygens (including phenoxy) is 1. The van der Waals surface area contributed by atoms with E-state index in [0.717, 1.165) is 12.8 Å². The minimum absolute atomic E-state index is 0.241. The fourth-order valence-corrected chi connectivity index (χ4v) is 3.45. The molecule has 25 heavy (non-hydrogen) atoms. The summed E-state index contributed by atoms with van der Waals surface area (Å²) in [5.74, 6) is 0.487. The molecule has 1 heterocycles. The lowest BCUT2D eigenvalue weighted by molar-refractivity contribution is 0.0489. The minimum atomic E-state index is -0.423. The molecule has 0 saturated carbocycles. The third kappa shape index (κ3) is 3.74. The molecule has 0 N–H and O–H groups in total. The largest absolute Gasteiger partial charge is 0.460 e. The molecule has 0 bridgehead atoms. The summed E-state index contributed by atoms with van der Waals surface area (Å²) >= 11 is 1.75. The van der Waals surface area contributed by atoms with Crippen molar-refractivity contribution in [2.24, 2.45) is 0 Å². The molecule has 0 spiro atoms. The average molecular weight is 354 g/mol. The highest BCUT2D eigenvalue weighted by Crippen LogP contribution is 2.40. The lowest BCUT2D eigenvalue weighted by Gasteiger charge is -2.07. The standard InChI is InChI=1S/C21H22O3S/c1-4-6-14-11-15-12-17(25-3)8-9-18(15)19(14)13-16-7-10-20(24-16)21(22)23-5-2/h7-13H,4-6H2,1-3H3/b19-13-. The van der Waals surface area contributed by atoms with Crippen LogP contribution in [0.2, 0.25) is 0 Å². The Balaban J connectivity index is 1.96. The second-order valence-corrected chi connectivity index (χ2v) is 6.73. The molecule has 1 aliphatic carbocycles. The van der Waals surface area contributed by atoms with E-state index in [0.29, 0.717) is 12.4 Å². The Labute approximate surface area is 152 Å². The number of esters is 1. The van der Waals surface area contributed by atoms with Crippen molar-refractivity contribution in [1.29, 1.82) is 0 Å². The van der Waals surface area contributed by atoms with E-state index in [1.54, 1.807) is 24.8 Å². The van der Waals surface area contributed by atoms with Crippen LogP contribution in [-0.4, -0.2) is 18.8 Å². The first-order valence-corrected chi connectivity index (χ1v) is 9.76. The number of thioether (sulfide) groups is 1. The van der Waals surface area contributed by atoms with Crippen LogP contribution >= 0.6 is 11.8 Å². The molecule has 1 aliphatic rings. The van der Waals surface area contributed by atoms with Crippen molar-refractivity contribution in [2.45, 2.75) is 31.6 Å². The Bertz CT molecular complexity index is 843. The molecule has 1 aromatic carbocycles. The molecule has 0 fully saturated rings. The Hall–Kier alpha value is -2.20. The number of allylic oxidation sites excluding steroid dienone is 2. The van der Waals surface area contributed by atoms with Gasteiger partial charge in [-0.05, 0) is 72.2 Å². The van der Waals surface area contributed by atoms with Crippen molar-refractivity contribution in [3.8, 4) is 0 Å². The lowest BCUT2D eigenvalue weighted by Crippen LogP contribution is -2.02. The van der Waals surface area contributed by atoms with Crippen LogP contribution in [0.3, 0.4) is 0 Å². The van der Waals surface area contributed by atoms with Gasteiger partial charge in [-0.2, -0.15) is 0 Å². The van der Waals surface area contributed by atoms with E-state index in [-0.39, 0.29) is 5.76 Å². The van der Waals surface area contributed by atoms with Gasteiger partial charge < -0.3 is 9.15 Å². The molecule has 1 aromatic heterocycles. The van der Waals surface area contributed by atoms with Gasteiger partial charge in [-0.3, -0.25) is 0 Å². The number of benzene rings is 1. The Kier molecular flexibility index (Phi) is 5.49. The van der Waals surface area contributed by atoms with Gasteiger partial charge in [0, 0.05) is 4.90 Å². The van der Waals surface area contributed by atoms with Crippen LogP contribution in [0.5, 0.6) is 0 Å². The van der Waals surface area contributed by atoms with Crippen LogP contribution in [0.1, 0.15) is 54.1 Å². The summed E-state index contributed by atoms with van der Waals surface area (Å²) in [4.78, 5) is 13.0. The molecular weight excluding hydrogens is 332 g/mol. The normalized spacial score (nSPS) is 14.5. The monoisotopic (exact) mass is 354 g/mol. The molecule has 0 amide bonds. The van der Waals surface area contributed by atoms with E-state index in [9.17, 15) is 4.79 Å². The average Bonchev–Trinajstić information content (AvgIpc) is 3.21. The van der Waals surface area contributed by atoms with Crippen molar-refractivity contribution in [1.82, 2.24) is 0 Å². The fourth-order valence-electron chi connectivity index (χ4n) is 3.00. The number of furan rings is 1. The van der Waals surface area contributed by atoms with Crippen molar-refractivity contribution in [3.63, 3.8) is 0 Å². The van der Waals surface area contributed by atoms with Gasteiger partial charge in [0.15, 0.2) is 0 Å². The summed E-state index contributed by atoms with van der Waals surface area (Å²) in [6.45, 7) is 4.30. The maximum absolute atomic E-state index is 11.8. The van der Waals surface area contributed by atoms with Crippen LogP contribution in [0, 0.1) is 0 Å². The Morgan fingerprint density at radius 1 is 1.24 bits per heavy atom. The smallest absolute Gasteiger partial charge is 0.374 e. The number of carbonyl (C=O) groups is 1. The van der Waals surface area contributed by atoms with Gasteiger partial charge in [-0.15, -0.1) is 11.8 Å². The van der Waals surface area contributed by atoms with Crippen LogP contribution in [0.15, 0.2) is 45.2 Å². The minimum Gasteiger partial charge on any atom is -0.460 e. The van der Waals surface area contributed by atoms with E-state index in [4.69, 9.17) is 9.15 Å². The van der Waals surface area contributed by atoms with Crippen LogP contribution in [0.25, 0.3) is 17.7 Å². The van der Waals surface area contributed by atoms with Gasteiger partial charge in [0.05, 0.1) is 6.61 Å². The molecular formula is C21H22O3S. The van der Waals surface area contributed by atoms with Crippen LogP contribution in [0.4, 0.5) is 0 Å². The molecule has 4 heteroatoms. The molecule has 0 saturated heterocycles. The van der Waals surface area contributed by atoms with E-state index < -0.39 is 5.97 Å². The summed E-state index contributed by atoms with van der Waals surface area (Å²) in [7, 11) is 0. The number of fused-ring (bicyclic) bond motifs is 1. The number of hydrogen-bond donors (Lipinski definition) is 0. The zero-order valence-corrected chi connectivity index (χ0v) is 15.6. The first-order valence-electron chi connectivity index (χ1n) is 8.54. The third-order valence-corrected chi connectivity index (χ3v) is 4.86. The predicted octanol–water partition coefficient (Wildman–Crippen LogP) is 5.92. The SMILES string of the molecule is CCCC1=Cc2cc(SC)ccc2/C1=C\c1ccc(C(=O)OCC)o1. The van der Waals surface area contributed by atoms with E-state index in [2.05, 4.69) is 37.5 Å². The topological polar surface area (TPSA) is 39.4 Å². The summed E-state index contributed by atoms with van der Waals surface area (Å²) in [5, 5.41) is 0. The summed E-state index contributed by atoms with van der Waals surface area (Å²) in [5.41, 5.74) is 4.95. The quantitative estimate of drug-likeness (QED) is 0.477. The maximum Gasteiger partial charge on any atom is 0.374 e. The molecule has 0 unspecified atom stereocenters. The fraction of sp³-hybridized carbons (Fsp3) is 0.286. The summed E-state index contributed by atoms with van der Waals surface area (Å²) < 4.78 is 10.6. The number of hydrogen-bond acceptors (Lipinski definition) is 4. The summed E-state index contributed by atoms with van der Waals surface area (Å²) in [6.07, 6.45) is 8.47. The van der Waals surface area contributed by atoms with E-state index in [1.165, 1.54) is 27.2 Å². The first-order chi connectivity index (χ1) is 12.2. The second-order valence-electron chi connectivity index (χ2n) is 5.85. The Morgan fingerprint density at radius 2 is 2.08 bits per heavy atom. The van der Waals surface area contributed by atoms with Gasteiger partial charge in [-0.1, -0.05) is 25.5 Å². The van der Waals surface area contributed by atoms with Gasteiger partial charge in [0.1, 0.15) is 5.76 Å². The molecule has 2 aromatic rings. The number of carbonyl (C=O) groups excluding carboxylic acids is 1. The van der Waals surface area contributed by atoms with Crippen LogP contribution < -0.4 is 0 Å². The van der Waals surface area contributed by atoms with Crippen LogP contribution in [-0.2, 0) is 4.74 Å². The van der Waals surface area contributed by atoms with Crippen molar-refractivity contribution in [2.75, 3.05) is 12.9 Å². The van der Waals surface area contributed by atoms with Gasteiger partial charge >= 0.3 is 5.97 Å². The summed E-state index contributed by atoms with van der Waals surface area (Å²) in [6, 6.07) is 10.0. The van der Waals surface area contributed by atoms with Crippen molar-refractivity contribution < 1.29 is 13.9 Å². The predicted molar refractivity (Wildman–Crippen MR) is 104 cm³/mol. The molecule has 0 aliphatic heterocycles. The van der Waals surface area contributed by atoms with E-state index in [1.807, 2.05) is 12.1 Å². The Morgan fingerprint density at radius 3 is 2.80 bits per heavy atom. The highest BCUT2D eigenvalue weighted by atomic mass is 32.2. The molecule has 0 atom stereocenters. The molecule has 0 radical (unpaired) electrons. The van der Waals surface area contributed by atoms with Gasteiger partial charge in [-0.25, -0.2) is 4.79 Å². The molecule has 3 nitrogen and oxygen atoms in total. The lowest BCUT2D eigenvalue weighted by atomic mass is 9.99.